The average molecular weight is 285 g/mol. The molecule has 1 fully saturated rings. The molecule has 0 aromatic carbocycles. The van der Waals surface area contributed by atoms with Crippen molar-refractivity contribution >= 4 is 17.5 Å². The standard InChI is InChI=1S/C10H15N5O5/c11-10-14-7-4(8(19)15-10)12-3-6(18)5(17)2(1-16)20-9(3)13-7/h2-3,5-6,9,12,16-18H,1H2,(H4,11,13,14,15,19)/t2-,3?,5+,6?,9?/m1/s1. The van der Waals surface area contributed by atoms with Gasteiger partial charge >= 0.3 is 0 Å². The summed E-state index contributed by atoms with van der Waals surface area (Å²) in [5.74, 6) is 0.129. The number of nitrogens with two attached hydrogens (primary N) is 1. The number of nitrogens with one attached hydrogen (secondary N) is 3. The van der Waals surface area contributed by atoms with E-state index in [1.165, 1.54) is 0 Å². The van der Waals surface area contributed by atoms with Gasteiger partial charge < -0.3 is 36.4 Å². The van der Waals surface area contributed by atoms with E-state index < -0.39 is 42.7 Å². The summed E-state index contributed by atoms with van der Waals surface area (Å²) < 4.78 is 5.43. The molecule has 5 atom stereocenters. The maximum atomic E-state index is 11.8. The molecule has 0 spiro atoms. The van der Waals surface area contributed by atoms with Crippen molar-refractivity contribution in [3.63, 3.8) is 0 Å². The molecule has 0 saturated carbocycles. The van der Waals surface area contributed by atoms with Crippen LogP contribution < -0.4 is 21.9 Å². The molecule has 2 aliphatic rings. The molecule has 1 aromatic heterocycles. The third kappa shape index (κ3) is 1.89. The zero-order valence-electron chi connectivity index (χ0n) is 10.3. The van der Waals surface area contributed by atoms with Crippen LogP contribution in [0.4, 0.5) is 17.5 Å². The van der Waals surface area contributed by atoms with Gasteiger partial charge in [-0.05, 0) is 0 Å². The Morgan fingerprint density at radius 2 is 2.05 bits per heavy atom. The molecule has 3 rings (SSSR count). The Labute approximate surface area is 112 Å². The van der Waals surface area contributed by atoms with Gasteiger partial charge in [0.15, 0.2) is 12.0 Å². The molecule has 0 aliphatic carbocycles. The van der Waals surface area contributed by atoms with Gasteiger partial charge in [-0.25, -0.2) is 0 Å². The van der Waals surface area contributed by atoms with E-state index in [1.54, 1.807) is 0 Å². The molecule has 0 radical (unpaired) electrons. The number of aliphatic hydroxyl groups is 3. The fraction of sp³-hybridized carbons (Fsp3) is 0.600. The molecule has 3 unspecified atom stereocenters. The number of hydrogen-bond acceptors (Lipinski definition) is 9. The summed E-state index contributed by atoms with van der Waals surface area (Å²) in [6.45, 7) is -0.444. The number of ether oxygens (including phenoxy) is 1. The fourth-order valence-electron chi connectivity index (χ4n) is 2.43. The number of nitrogens with zero attached hydrogens (tertiary/aromatic N) is 1. The van der Waals surface area contributed by atoms with Crippen LogP contribution >= 0.6 is 0 Å². The SMILES string of the molecule is Nc1nc2c(c(=O)[nH]1)NC1C(N2)O[C@H](CO)[C@H](O)C1O. The lowest BCUT2D eigenvalue weighted by molar-refractivity contribution is -0.178. The van der Waals surface area contributed by atoms with E-state index in [-0.39, 0.29) is 17.5 Å². The monoisotopic (exact) mass is 285 g/mol. The molecule has 1 saturated heterocycles. The van der Waals surface area contributed by atoms with Gasteiger partial charge in [-0.2, -0.15) is 4.98 Å². The van der Waals surface area contributed by atoms with Crippen LogP contribution in [0.15, 0.2) is 4.79 Å². The topological polar surface area (TPSA) is 166 Å². The van der Waals surface area contributed by atoms with Crippen LogP contribution in [-0.2, 0) is 4.74 Å². The van der Waals surface area contributed by atoms with E-state index in [4.69, 9.17) is 15.6 Å². The number of fused-ring (bicyclic) bond motifs is 2. The molecular formula is C10H15N5O5. The first-order valence-corrected chi connectivity index (χ1v) is 6.06. The number of aromatic amines is 1. The van der Waals surface area contributed by atoms with Gasteiger partial charge in [-0.15, -0.1) is 0 Å². The minimum atomic E-state index is -1.27. The Balaban J connectivity index is 1.96. The van der Waals surface area contributed by atoms with Crippen molar-refractivity contribution < 1.29 is 20.1 Å². The van der Waals surface area contributed by atoms with Crippen LogP contribution in [0.5, 0.6) is 0 Å². The van der Waals surface area contributed by atoms with Crippen LogP contribution in [0.1, 0.15) is 0 Å². The summed E-state index contributed by atoms with van der Waals surface area (Å²) in [7, 11) is 0. The van der Waals surface area contributed by atoms with Crippen LogP contribution in [0.2, 0.25) is 0 Å². The number of nitrogen functional groups attached to an aromatic ring is 1. The molecule has 110 valence electrons. The largest absolute Gasteiger partial charge is 0.394 e. The van der Waals surface area contributed by atoms with Crippen LogP contribution in [0, 0.1) is 0 Å². The van der Waals surface area contributed by atoms with Crippen molar-refractivity contribution in [3.05, 3.63) is 10.4 Å². The molecule has 10 nitrogen and oxygen atoms in total. The minimum Gasteiger partial charge on any atom is -0.394 e. The minimum absolute atomic E-state index is 0.0587. The van der Waals surface area contributed by atoms with Gasteiger partial charge in [0, 0.05) is 0 Å². The van der Waals surface area contributed by atoms with Crippen LogP contribution in [0.3, 0.4) is 0 Å². The molecular weight excluding hydrogens is 270 g/mol. The first-order valence-electron chi connectivity index (χ1n) is 6.06. The summed E-state index contributed by atoms with van der Waals surface area (Å²) in [4.78, 5) is 18.0. The second-order valence-electron chi connectivity index (χ2n) is 4.75. The Morgan fingerprint density at radius 3 is 2.75 bits per heavy atom. The van der Waals surface area contributed by atoms with E-state index >= 15 is 0 Å². The normalized spacial score (nSPS) is 35.5. The summed E-state index contributed by atoms with van der Waals surface area (Å²) >= 11 is 0. The van der Waals surface area contributed by atoms with Crippen molar-refractivity contribution in [1.82, 2.24) is 9.97 Å². The Morgan fingerprint density at radius 1 is 1.30 bits per heavy atom. The third-order valence-electron chi connectivity index (χ3n) is 3.45. The Kier molecular flexibility index (Phi) is 3.01. The second kappa shape index (κ2) is 4.59. The molecule has 20 heavy (non-hydrogen) atoms. The van der Waals surface area contributed by atoms with Gasteiger partial charge in [-0.3, -0.25) is 9.78 Å². The molecule has 0 amide bonds. The summed E-state index contributed by atoms with van der Waals surface area (Å²) in [5, 5.41) is 34.6. The molecule has 0 bridgehead atoms. The van der Waals surface area contributed by atoms with E-state index in [0.29, 0.717) is 0 Å². The zero-order valence-corrected chi connectivity index (χ0v) is 10.3. The molecule has 10 heteroatoms. The summed E-state index contributed by atoms with van der Waals surface area (Å²) in [5.41, 5.74) is 5.06. The molecule has 3 heterocycles. The van der Waals surface area contributed by atoms with Crippen molar-refractivity contribution in [1.29, 1.82) is 0 Å². The lowest BCUT2D eigenvalue weighted by Gasteiger charge is -2.45. The number of aromatic nitrogens is 2. The highest BCUT2D eigenvalue weighted by Gasteiger charge is 2.47. The first kappa shape index (κ1) is 13.1. The van der Waals surface area contributed by atoms with Crippen LogP contribution in [-0.4, -0.2) is 62.5 Å². The van der Waals surface area contributed by atoms with E-state index in [2.05, 4.69) is 20.6 Å². The lowest BCUT2D eigenvalue weighted by Crippen LogP contribution is -2.65. The van der Waals surface area contributed by atoms with E-state index in [1.807, 2.05) is 0 Å². The van der Waals surface area contributed by atoms with Crippen molar-refractivity contribution in [3.8, 4) is 0 Å². The van der Waals surface area contributed by atoms with E-state index in [9.17, 15) is 15.0 Å². The average Bonchev–Trinajstić information content (AvgIpc) is 2.41. The summed E-state index contributed by atoms with van der Waals surface area (Å²) in [6.07, 6.45) is -4.17. The smallest absolute Gasteiger partial charge is 0.277 e. The second-order valence-corrected chi connectivity index (χ2v) is 4.75. The number of H-pyrrole nitrogens is 1. The number of aliphatic hydroxyl groups excluding tert-OH is 3. The Hall–Kier alpha value is -1.88. The fourth-order valence-corrected chi connectivity index (χ4v) is 2.43. The van der Waals surface area contributed by atoms with Gasteiger partial charge in [0.25, 0.3) is 5.56 Å². The van der Waals surface area contributed by atoms with Crippen LogP contribution in [0.25, 0.3) is 0 Å². The zero-order chi connectivity index (χ0) is 14.4. The number of anilines is 3. The quantitative estimate of drug-likeness (QED) is 0.284. The van der Waals surface area contributed by atoms with Crippen molar-refractivity contribution in [2.45, 2.75) is 30.6 Å². The highest BCUT2D eigenvalue weighted by Crippen LogP contribution is 2.30. The van der Waals surface area contributed by atoms with E-state index in [0.717, 1.165) is 0 Å². The predicted octanol–water partition coefficient (Wildman–Crippen LogP) is -3.00. The maximum Gasteiger partial charge on any atom is 0.277 e. The van der Waals surface area contributed by atoms with Gasteiger partial charge in [0.05, 0.1) is 6.61 Å². The molecule has 1 aromatic rings. The maximum absolute atomic E-state index is 11.8. The highest BCUT2D eigenvalue weighted by atomic mass is 16.5. The van der Waals surface area contributed by atoms with Gasteiger partial charge in [0.1, 0.15) is 30.0 Å². The van der Waals surface area contributed by atoms with Gasteiger partial charge in [0.2, 0.25) is 5.95 Å². The molecule has 2 aliphatic heterocycles. The summed E-state index contributed by atoms with van der Waals surface area (Å²) in [6, 6.07) is -0.758. The van der Waals surface area contributed by atoms with Gasteiger partial charge in [-0.1, -0.05) is 0 Å². The van der Waals surface area contributed by atoms with Crippen molar-refractivity contribution in [2.75, 3.05) is 23.0 Å². The molecule has 8 N–H and O–H groups in total. The van der Waals surface area contributed by atoms with Crippen molar-refractivity contribution in [2.24, 2.45) is 0 Å². The lowest BCUT2D eigenvalue weighted by atomic mass is 9.94. The highest BCUT2D eigenvalue weighted by molar-refractivity contribution is 5.68. The number of rotatable bonds is 1. The predicted molar refractivity (Wildman–Crippen MR) is 68.1 cm³/mol. The number of hydrogen-bond donors (Lipinski definition) is 7. The first-order chi connectivity index (χ1) is 9.51. The Bertz CT molecular complexity index is 578. The third-order valence-corrected chi connectivity index (χ3v) is 3.45.